The van der Waals surface area contributed by atoms with Gasteiger partial charge in [-0.2, -0.15) is 0 Å². The van der Waals surface area contributed by atoms with Crippen LogP contribution in [0.15, 0.2) is 11.8 Å². The van der Waals surface area contributed by atoms with Gasteiger partial charge in [-0.15, -0.1) is 0 Å². The average Bonchev–Trinajstić information content (AvgIpc) is 2.28. The first-order valence-corrected chi connectivity index (χ1v) is 4.19. The van der Waals surface area contributed by atoms with Crippen LogP contribution in [-0.4, -0.2) is 17.7 Å². The van der Waals surface area contributed by atoms with E-state index >= 15 is 0 Å². The van der Waals surface area contributed by atoms with Crippen molar-refractivity contribution in [3.63, 3.8) is 0 Å². The molecule has 1 fully saturated rings. The minimum absolute atomic E-state index is 0.00919. The molecule has 0 saturated carbocycles. The molecule has 0 unspecified atom stereocenters. The molecule has 5 heteroatoms. The maximum atomic E-state index is 11.5. The van der Waals surface area contributed by atoms with Gasteiger partial charge in [0.2, 0.25) is 0 Å². The molecule has 1 saturated heterocycles. The monoisotopic (exact) mass is 196 g/mol. The van der Waals surface area contributed by atoms with Gasteiger partial charge in [0.15, 0.2) is 5.78 Å². The van der Waals surface area contributed by atoms with E-state index in [4.69, 9.17) is 0 Å². The average molecular weight is 196 g/mol. The number of hydrogen-bond donors (Lipinski definition) is 2. The molecule has 0 aliphatic carbocycles. The van der Waals surface area contributed by atoms with Crippen LogP contribution in [0.2, 0.25) is 0 Å². The number of nitrogens with one attached hydrogen (secondary N) is 2. The number of hydrogen-bond acceptors (Lipinski definition) is 3. The lowest BCUT2D eigenvalue weighted by Gasteiger charge is -2.13. The molecule has 1 aliphatic heterocycles. The van der Waals surface area contributed by atoms with Gasteiger partial charge in [0.25, 0.3) is 5.91 Å². The van der Waals surface area contributed by atoms with E-state index in [-0.39, 0.29) is 11.5 Å². The first-order valence-electron chi connectivity index (χ1n) is 4.19. The summed E-state index contributed by atoms with van der Waals surface area (Å²) < 4.78 is 0. The molecule has 0 aromatic carbocycles. The molecule has 1 aliphatic rings. The Balaban J connectivity index is 2.85. The summed E-state index contributed by atoms with van der Waals surface area (Å²) in [6, 6.07) is -0.594. The van der Waals surface area contributed by atoms with Crippen LogP contribution in [0.4, 0.5) is 4.79 Å². The highest BCUT2D eigenvalue weighted by Gasteiger charge is 2.26. The summed E-state index contributed by atoms with van der Waals surface area (Å²) >= 11 is 0. The van der Waals surface area contributed by atoms with Crippen LogP contribution in [0.5, 0.6) is 0 Å². The van der Waals surface area contributed by atoms with Crippen LogP contribution < -0.4 is 10.6 Å². The zero-order valence-corrected chi connectivity index (χ0v) is 8.30. The molecule has 1 rings (SSSR count). The van der Waals surface area contributed by atoms with Crippen LogP contribution in [0, 0.1) is 5.41 Å². The summed E-state index contributed by atoms with van der Waals surface area (Å²) in [6.07, 6.45) is 1.15. The SMILES string of the molecule is CC(C)(C)C(=O)/C=C1\NC(=O)NC1=O. The molecule has 0 radical (unpaired) electrons. The highest BCUT2D eigenvalue weighted by molar-refractivity contribution is 6.14. The van der Waals surface area contributed by atoms with Crippen LogP contribution in [0.25, 0.3) is 0 Å². The van der Waals surface area contributed by atoms with E-state index < -0.39 is 17.4 Å². The predicted molar refractivity (Wildman–Crippen MR) is 49.2 cm³/mol. The molecule has 14 heavy (non-hydrogen) atoms. The third kappa shape index (κ3) is 2.18. The third-order valence-electron chi connectivity index (χ3n) is 1.73. The van der Waals surface area contributed by atoms with Crippen molar-refractivity contribution in [2.24, 2.45) is 5.41 Å². The maximum absolute atomic E-state index is 11.5. The van der Waals surface area contributed by atoms with Crippen molar-refractivity contribution >= 4 is 17.7 Å². The van der Waals surface area contributed by atoms with Gasteiger partial charge in [0.1, 0.15) is 5.70 Å². The lowest BCUT2D eigenvalue weighted by molar-refractivity contribution is -0.122. The van der Waals surface area contributed by atoms with Crippen molar-refractivity contribution in [2.45, 2.75) is 20.8 Å². The summed E-state index contributed by atoms with van der Waals surface area (Å²) in [4.78, 5) is 33.2. The van der Waals surface area contributed by atoms with Gasteiger partial charge >= 0.3 is 6.03 Å². The Bertz CT molecular complexity index is 336. The number of carbonyl (C=O) groups is 3. The number of imide groups is 1. The van der Waals surface area contributed by atoms with Crippen LogP contribution >= 0.6 is 0 Å². The Kier molecular flexibility index (Phi) is 2.42. The van der Waals surface area contributed by atoms with Crippen molar-refractivity contribution in [2.75, 3.05) is 0 Å². The lowest BCUT2D eigenvalue weighted by Crippen LogP contribution is -2.22. The Morgan fingerprint density at radius 3 is 2.14 bits per heavy atom. The predicted octanol–water partition coefficient (Wildman–Crippen LogP) is 0.325. The minimum Gasteiger partial charge on any atom is -0.303 e. The molecule has 0 spiro atoms. The third-order valence-corrected chi connectivity index (χ3v) is 1.73. The fourth-order valence-corrected chi connectivity index (χ4v) is 0.830. The zero-order chi connectivity index (χ0) is 10.9. The Labute approximate surface area is 81.5 Å². The maximum Gasteiger partial charge on any atom is 0.326 e. The standard InChI is InChI=1S/C9H12N2O3/c1-9(2,3)6(12)4-5-7(13)11-8(14)10-5/h4H,1-3H3,(H2,10,11,13,14)/b5-4-. The Morgan fingerprint density at radius 1 is 1.21 bits per heavy atom. The van der Waals surface area contributed by atoms with Crippen molar-refractivity contribution in [1.82, 2.24) is 10.6 Å². The van der Waals surface area contributed by atoms with Crippen LogP contribution in [0.1, 0.15) is 20.8 Å². The van der Waals surface area contributed by atoms with Crippen LogP contribution in [-0.2, 0) is 9.59 Å². The largest absolute Gasteiger partial charge is 0.326 e. The molecular formula is C9H12N2O3. The van der Waals surface area contributed by atoms with Gasteiger partial charge in [-0.3, -0.25) is 14.9 Å². The zero-order valence-electron chi connectivity index (χ0n) is 8.30. The molecule has 0 aromatic heterocycles. The van der Waals surface area contributed by atoms with Crippen molar-refractivity contribution < 1.29 is 14.4 Å². The molecule has 0 aromatic rings. The first-order chi connectivity index (χ1) is 6.30. The van der Waals surface area contributed by atoms with Crippen LogP contribution in [0.3, 0.4) is 0 Å². The molecule has 5 nitrogen and oxygen atoms in total. The van der Waals surface area contributed by atoms with E-state index in [9.17, 15) is 14.4 Å². The number of ketones is 1. The van der Waals surface area contributed by atoms with Crippen molar-refractivity contribution in [3.8, 4) is 0 Å². The molecule has 76 valence electrons. The molecule has 0 atom stereocenters. The number of urea groups is 1. The fraction of sp³-hybridized carbons (Fsp3) is 0.444. The summed E-state index contributed by atoms with van der Waals surface area (Å²) in [5, 5.41) is 4.26. The molecular weight excluding hydrogens is 184 g/mol. The quantitative estimate of drug-likeness (QED) is 0.468. The Morgan fingerprint density at radius 2 is 1.79 bits per heavy atom. The van der Waals surface area contributed by atoms with E-state index in [1.54, 1.807) is 20.8 Å². The highest BCUT2D eigenvalue weighted by atomic mass is 16.2. The smallest absolute Gasteiger partial charge is 0.303 e. The molecule has 1 heterocycles. The first kappa shape index (κ1) is 10.4. The van der Waals surface area contributed by atoms with Gasteiger partial charge in [0.05, 0.1) is 0 Å². The van der Waals surface area contributed by atoms with E-state index in [0.29, 0.717) is 0 Å². The number of rotatable bonds is 1. The summed E-state index contributed by atoms with van der Waals surface area (Å²) in [5.74, 6) is -0.766. The lowest BCUT2D eigenvalue weighted by atomic mass is 9.90. The summed E-state index contributed by atoms with van der Waals surface area (Å²) in [7, 11) is 0. The van der Waals surface area contributed by atoms with E-state index in [0.717, 1.165) is 6.08 Å². The summed E-state index contributed by atoms with van der Waals surface area (Å²) in [5.41, 5.74) is -0.546. The number of allylic oxidation sites excluding steroid dienone is 1. The minimum atomic E-state index is -0.594. The van der Waals surface area contributed by atoms with Gasteiger partial charge in [-0.05, 0) is 0 Å². The van der Waals surface area contributed by atoms with E-state index in [1.165, 1.54) is 0 Å². The molecule has 0 bridgehead atoms. The van der Waals surface area contributed by atoms with E-state index in [2.05, 4.69) is 5.32 Å². The normalized spacial score (nSPS) is 19.5. The second-order valence-corrected chi connectivity index (χ2v) is 4.08. The number of amides is 3. The number of carbonyl (C=O) groups excluding carboxylic acids is 3. The highest BCUT2D eigenvalue weighted by Crippen LogP contribution is 2.16. The summed E-state index contributed by atoms with van der Waals surface area (Å²) in [6.45, 7) is 5.21. The second-order valence-electron chi connectivity index (χ2n) is 4.08. The molecule has 3 amide bonds. The molecule has 2 N–H and O–H groups in total. The van der Waals surface area contributed by atoms with Gasteiger partial charge in [-0.25, -0.2) is 4.79 Å². The van der Waals surface area contributed by atoms with E-state index in [1.807, 2.05) is 5.32 Å². The fourth-order valence-electron chi connectivity index (χ4n) is 0.830. The topological polar surface area (TPSA) is 75.3 Å². The van der Waals surface area contributed by atoms with Crippen molar-refractivity contribution in [3.05, 3.63) is 11.8 Å². The van der Waals surface area contributed by atoms with Gasteiger partial charge in [0, 0.05) is 11.5 Å². The van der Waals surface area contributed by atoms with Gasteiger partial charge in [-0.1, -0.05) is 20.8 Å². The van der Waals surface area contributed by atoms with Gasteiger partial charge < -0.3 is 5.32 Å². The van der Waals surface area contributed by atoms with Crippen molar-refractivity contribution in [1.29, 1.82) is 0 Å². The Hall–Kier alpha value is -1.65. The second kappa shape index (κ2) is 3.25.